The quantitative estimate of drug-likeness (QED) is 0.720. The maximum absolute atomic E-state index is 10.6. The summed E-state index contributed by atoms with van der Waals surface area (Å²) >= 11 is 14.2. The second-order valence-electron chi connectivity index (χ2n) is 4.52. The molecule has 2 unspecified atom stereocenters. The van der Waals surface area contributed by atoms with E-state index >= 15 is 0 Å². The Hall–Kier alpha value is -0.330. The van der Waals surface area contributed by atoms with Gasteiger partial charge in [0.25, 0.3) is 0 Å². The number of hydrogen-bond acceptors (Lipinski definition) is 2. The molecule has 0 spiro atoms. The molecule has 0 heterocycles. The smallest absolute Gasteiger partial charge is 0.0871 e. The minimum atomic E-state index is -0.674. The molecule has 5 heteroatoms. The summed E-state index contributed by atoms with van der Waals surface area (Å²) in [5, 5.41) is 11.5. The Balaban J connectivity index is 2.33. The first-order valence-electron chi connectivity index (χ1n) is 6.11. The molecular formula is C15H14Cl2INO. The predicted octanol–water partition coefficient (Wildman–Crippen LogP) is 4.37. The lowest BCUT2D eigenvalue weighted by Crippen LogP contribution is -2.20. The summed E-state index contributed by atoms with van der Waals surface area (Å²) in [5.41, 5.74) is 7.56. The van der Waals surface area contributed by atoms with Crippen LogP contribution in [0, 0.1) is 3.57 Å². The van der Waals surface area contributed by atoms with Crippen LogP contribution in [0.3, 0.4) is 0 Å². The highest BCUT2D eigenvalue weighted by Gasteiger charge is 2.22. The molecule has 2 aromatic rings. The summed E-state index contributed by atoms with van der Waals surface area (Å²) in [7, 11) is 0. The van der Waals surface area contributed by atoms with Gasteiger partial charge in [0.1, 0.15) is 0 Å². The van der Waals surface area contributed by atoms with Gasteiger partial charge in [-0.3, -0.25) is 0 Å². The third-order valence-electron chi connectivity index (χ3n) is 3.20. The molecule has 2 aromatic carbocycles. The molecule has 0 amide bonds. The molecule has 0 saturated heterocycles. The minimum absolute atomic E-state index is 0.219. The van der Waals surface area contributed by atoms with Gasteiger partial charge in [-0.25, -0.2) is 0 Å². The first-order chi connectivity index (χ1) is 9.52. The molecule has 2 nitrogen and oxygen atoms in total. The molecule has 2 atom stereocenters. The van der Waals surface area contributed by atoms with E-state index in [1.54, 1.807) is 12.1 Å². The number of nitrogens with two attached hydrogens (primary N) is 1. The molecule has 0 fully saturated rings. The second kappa shape index (κ2) is 7.09. The molecule has 0 radical (unpaired) electrons. The van der Waals surface area contributed by atoms with Crippen molar-refractivity contribution in [2.75, 3.05) is 6.54 Å². The summed E-state index contributed by atoms with van der Waals surface area (Å²) in [5.74, 6) is -0.219. The highest BCUT2D eigenvalue weighted by Crippen LogP contribution is 2.33. The fraction of sp³-hybridized carbons (Fsp3) is 0.200. The van der Waals surface area contributed by atoms with Gasteiger partial charge in [-0.15, -0.1) is 0 Å². The minimum Gasteiger partial charge on any atom is -0.388 e. The largest absolute Gasteiger partial charge is 0.388 e. The fourth-order valence-corrected chi connectivity index (χ4v) is 2.99. The molecule has 0 aliphatic heterocycles. The van der Waals surface area contributed by atoms with Crippen LogP contribution in [0.15, 0.2) is 42.5 Å². The molecule has 0 aliphatic rings. The van der Waals surface area contributed by atoms with Crippen LogP contribution < -0.4 is 5.73 Å². The van der Waals surface area contributed by atoms with Crippen molar-refractivity contribution in [3.05, 3.63) is 67.2 Å². The maximum Gasteiger partial charge on any atom is 0.0871 e. The van der Waals surface area contributed by atoms with Crippen molar-refractivity contribution in [3.63, 3.8) is 0 Å². The Morgan fingerprint density at radius 1 is 1.05 bits per heavy atom. The van der Waals surface area contributed by atoms with Crippen LogP contribution in [0.2, 0.25) is 10.0 Å². The van der Waals surface area contributed by atoms with Crippen molar-refractivity contribution in [2.24, 2.45) is 5.73 Å². The summed E-state index contributed by atoms with van der Waals surface area (Å²) < 4.78 is 1.07. The topological polar surface area (TPSA) is 46.2 Å². The normalized spacial score (nSPS) is 14.1. The van der Waals surface area contributed by atoms with E-state index < -0.39 is 6.10 Å². The fourth-order valence-electron chi connectivity index (χ4n) is 2.11. The Morgan fingerprint density at radius 3 is 2.40 bits per heavy atom. The maximum atomic E-state index is 10.6. The van der Waals surface area contributed by atoms with Crippen LogP contribution in [0.5, 0.6) is 0 Å². The van der Waals surface area contributed by atoms with Gasteiger partial charge < -0.3 is 10.8 Å². The van der Waals surface area contributed by atoms with E-state index in [-0.39, 0.29) is 5.92 Å². The van der Waals surface area contributed by atoms with Gasteiger partial charge in [0.05, 0.1) is 16.1 Å². The zero-order chi connectivity index (χ0) is 14.7. The number of halogens is 3. The second-order valence-corrected chi connectivity index (χ2v) is 6.58. The Kier molecular flexibility index (Phi) is 5.69. The van der Waals surface area contributed by atoms with E-state index in [1.807, 2.05) is 30.3 Å². The van der Waals surface area contributed by atoms with E-state index in [9.17, 15) is 5.11 Å². The average molecular weight is 422 g/mol. The third kappa shape index (κ3) is 3.65. The van der Waals surface area contributed by atoms with Crippen molar-refractivity contribution in [2.45, 2.75) is 12.0 Å². The highest BCUT2D eigenvalue weighted by atomic mass is 127. The summed E-state index contributed by atoms with van der Waals surface area (Å²) in [4.78, 5) is 0. The first-order valence-corrected chi connectivity index (χ1v) is 7.95. The number of aliphatic hydroxyl groups is 1. The van der Waals surface area contributed by atoms with Crippen LogP contribution in [-0.4, -0.2) is 11.7 Å². The Labute approximate surface area is 142 Å². The van der Waals surface area contributed by atoms with Crippen molar-refractivity contribution in [1.29, 1.82) is 0 Å². The van der Waals surface area contributed by atoms with Gasteiger partial charge in [-0.2, -0.15) is 0 Å². The molecule has 3 N–H and O–H groups in total. The zero-order valence-corrected chi connectivity index (χ0v) is 14.2. The lowest BCUT2D eigenvalue weighted by atomic mass is 9.89. The average Bonchev–Trinajstić information content (AvgIpc) is 2.43. The van der Waals surface area contributed by atoms with Gasteiger partial charge >= 0.3 is 0 Å². The molecule has 106 valence electrons. The lowest BCUT2D eigenvalue weighted by molar-refractivity contribution is 0.147. The van der Waals surface area contributed by atoms with Crippen LogP contribution in [0.25, 0.3) is 0 Å². The molecular weight excluding hydrogens is 408 g/mol. The predicted molar refractivity (Wildman–Crippen MR) is 92.4 cm³/mol. The van der Waals surface area contributed by atoms with Crippen molar-refractivity contribution >= 4 is 45.8 Å². The molecule has 0 aromatic heterocycles. The number of aliphatic hydroxyl groups excluding tert-OH is 1. The Morgan fingerprint density at radius 2 is 1.80 bits per heavy atom. The van der Waals surface area contributed by atoms with Gasteiger partial charge in [0, 0.05) is 16.0 Å². The number of hydrogen-bond donors (Lipinski definition) is 2. The Bertz CT molecular complexity index is 606. The monoisotopic (exact) mass is 421 g/mol. The van der Waals surface area contributed by atoms with Crippen molar-refractivity contribution in [3.8, 4) is 0 Å². The van der Waals surface area contributed by atoms with Gasteiger partial charge in [0.2, 0.25) is 0 Å². The molecule has 20 heavy (non-hydrogen) atoms. The zero-order valence-electron chi connectivity index (χ0n) is 10.6. The van der Waals surface area contributed by atoms with Crippen LogP contribution in [0.1, 0.15) is 23.1 Å². The third-order valence-corrected chi connectivity index (χ3v) is 4.61. The van der Waals surface area contributed by atoms with Crippen molar-refractivity contribution in [1.82, 2.24) is 0 Å². The molecule has 0 aliphatic carbocycles. The highest BCUT2D eigenvalue weighted by molar-refractivity contribution is 14.1. The summed E-state index contributed by atoms with van der Waals surface area (Å²) in [6.07, 6.45) is -0.674. The SMILES string of the molecule is NCC(c1ccc(Cl)c(Cl)c1)C(O)c1cccc(I)c1. The van der Waals surface area contributed by atoms with E-state index in [1.165, 1.54) is 0 Å². The van der Waals surface area contributed by atoms with Gasteiger partial charge in [-0.1, -0.05) is 41.4 Å². The van der Waals surface area contributed by atoms with E-state index in [0.717, 1.165) is 14.7 Å². The molecule has 2 rings (SSSR count). The number of benzene rings is 2. The standard InChI is InChI=1S/C15H14Cl2INO/c16-13-5-4-9(7-14(13)17)12(8-19)15(20)10-2-1-3-11(18)6-10/h1-7,12,15,20H,8,19H2. The van der Waals surface area contributed by atoms with Crippen LogP contribution >= 0.6 is 45.8 Å². The molecule has 0 bridgehead atoms. The van der Waals surface area contributed by atoms with Crippen molar-refractivity contribution < 1.29 is 5.11 Å². The first kappa shape index (κ1) is 16.0. The summed E-state index contributed by atoms with van der Waals surface area (Å²) in [6, 6.07) is 13.1. The van der Waals surface area contributed by atoms with Crippen LogP contribution in [0.4, 0.5) is 0 Å². The lowest BCUT2D eigenvalue weighted by Gasteiger charge is -2.23. The van der Waals surface area contributed by atoms with Gasteiger partial charge in [-0.05, 0) is 58.0 Å². The number of rotatable bonds is 4. The van der Waals surface area contributed by atoms with E-state index in [2.05, 4.69) is 22.6 Å². The summed E-state index contributed by atoms with van der Waals surface area (Å²) in [6.45, 7) is 0.324. The van der Waals surface area contributed by atoms with Crippen LogP contribution in [-0.2, 0) is 0 Å². The van der Waals surface area contributed by atoms with E-state index in [4.69, 9.17) is 28.9 Å². The molecule has 0 saturated carbocycles. The van der Waals surface area contributed by atoms with Gasteiger partial charge in [0.15, 0.2) is 0 Å². The van der Waals surface area contributed by atoms with E-state index in [0.29, 0.717) is 16.6 Å².